The average molecular weight is 672 g/mol. The van der Waals surface area contributed by atoms with Crippen molar-refractivity contribution in [2.24, 2.45) is 0 Å². The Kier molecular flexibility index (Phi) is 6.54. The first kappa shape index (κ1) is 30.1. The molecular weight excluding hydrogens is 638 g/mol. The second kappa shape index (κ2) is 11.5. The third-order valence-corrected chi connectivity index (χ3v) is 11.8. The Morgan fingerprint density at radius 1 is 0.491 bits per heavy atom. The van der Waals surface area contributed by atoms with Crippen LogP contribution < -0.4 is 31.5 Å². The Morgan fingerprint density at radius 2 is 1.08 bits per heavy atom. The summed E-state index contributed by atoms with van der Waals surface area (Å²) in [5, 5.41) is 0. The highest BCUT2D eigenvalue weighted by Gasteiger charge is 2.50. The molecule has 0 N–H and O–H groups in total. The van der Waals surface area contributed by atoms with Gasteiger partial charge in [0.25, 0.3) is 0 Å². The van der Waals surface area contributed by atoms with Crippen molar-refractivity contribution in [1.82, 2.24) is 0 Å². The van der Waals surface area contributed by atoms with Crippen molar-refractivity contribution in [1.29, 1.82) is 0 Å². The second-order valence-electron chi connectivity index (χ2n) is 14.4. The zero-order valence-corrected chi connectivity index (χ0v) is 29.5. The topological polar surface area (TPSA) is 6.48 Å². The standard InChI is InChI=1S/C49H34B2N2/c1-3-44-38(30-32(2)33-16-6-4-7-17-33)36-20-10-12-22-40(36)50-42-24-14-25-43-48(42)49-46(52(44)50)26-15-27-47(49)53-45-29-28-35(34-18-8-5-9-19-34)31-39(45)37-21-11-13-23-41(37)51(43)53/h3-31H,2H2,1H3/b38-30?,44-3+. The van der Waals surface area contributed by atoms with E-state index in [2.05, 4.69) is 199 Å². The van der Waals surface area contributed by atoms with Gasteiger partial charge in [-0.15, -0.1) is 0 Å². The SMILES string of the molecule is C=C(C=C1/C(=C\C)N2B(c3ccccc31)c1cccc3c1-c1c2cccc1N1B3c2ccccc2-c2cc(-c3ccccc3)ccc21)c1ccccc1. The molecule has 0 fully saturated rings. The van der Waals surface area contributed by atoms with E-state index in [0.29, 0.717) is 0 Å². The summed E-state index contributed by atoms with van der Waals surface area (Å²) >= 11 is 0. The fourth-order valence-corrected chi connectivity index (χ4v) is 9.58. The highest BCUT2D eigenvalue weighted by atomic mass is 15.1. The lowest BCUT2D eigenvalue weighted by Gasteiger charge is -2.50. The number of nitrogens with zero attached hydrogens (tertiary/aromatic N) is 2. The van der Waals surface area contributed by atoms with Crippen LogP contribution in [-0.2, 0) is 0 Å². The summed E-state index contributed by atoms with van der Waals surface area (Å²) in [7, 11) is 0. The van der Waals surface area contributed by atoms with Crippen molar-refractivity contribution in [3.05, 3.63) is 199 Å². The molecular formula is C49H34B2N2. The minimum Gasteiger partial charge on any atom is -0.376 e. The Balaban J connectivity index is 1.17. The van der Waals surface area contributed by atoms with Crippen LogP contribution in [0.15, 0.2) is 188 Å². The maximum absolute atomic E-state index is 4.56. The van der Waals surface area contributed by atoms with E-state index in [0.717, 1.165) is 11.1 Å². The monoisotopic (exact) mass is 672 g/mol. The van der Waals surface area contributed by atoms with Crippen LogP contribution in [0.25, 0.3) is 44.5 Å². The number of hydrogen-bond acceptors (Lipinski definition) is 2. The summed E-state index contributed by atoms with van der Waals surface area (Å²) in [4.78, 5) is 5.23. The van der Waals surface area contributed by atoms with E-state index in [9.17, 15) is 0 Å². The molecule has 0 saturated heterocycles. The van der Waals surface area contributed by atoms with Crippen LogP contribution >= 0.6 is 0 Å². The van der Waals surface area contributed by atoms with Gasteiger partial charge in [0.2, 0.25) is 0 Å². The molecule has 4 heteroatoms. The van der Waals surface area contributed by atoms with Gasteiger partial charge in [-0.1, -0.05) is 152 Å². The largest absolute Gasteiger partial charge is 0.376 e. The fourth-order valence-electron chi connectivity index (χ4n) is 9.58. The normalized spacial score (nSPS) is 15.6. The van der Waals surface area contributed by atoms with Gasteiger partial charge in [-0.25, -0.2) is 0 Å². The van der Waals surface area contributed by atoms with E-state index in [-0.39, 0.29) is 13.7 Å². The van der Waals surface area contributed by atoms with Crippen molar-refractivity contribution in [3.8, 4) is 33.4 Å². The minimum absolute atomic E-state index is 0.0309. The molecule has 7 aromatic carbocycles. The van der Waals surface area contributed by atoms with Crippen molar-refractivity contribution >= 4 is 63.8 Å². The number of benzene rings is 7. The van der Waals surface area contributed by atoms with Gasteiger partial charge in [0.1, 0.15) is 0 Å². The van der Waals surface area contributed by atoms with Gasteiger partial charge >= 0.3 is 13.7 Å². The Bertz CT molecular complexity index is 2730. The number of allylic oxidation sites excluding steroid dienone is 4. The van der Waals surface area contributed by atoms with Crippen LogP contribution in [-0.4, -0.2) is 13.7 Å². The summed E-state index contributed by atoms with van der Waals surface area (Å²) in [6, 6.07) is 60.4. The van der Waals surface area contributed by atoms with E-state index in [1.54, 1.807) is 0 Å². The molecule has 0 aromatic heterocycles. The maximum Gasteiger partial charge on any atom is 0.329 e. The molecule has 0 amide bonds. The molecule has 4 aliphatic rings. The maximum atomic E-state index is 4.56. The first-order chi connectivity index (χ1) is 26.2. The Labute approximate surface area is 311 Å². The van der Waals surface area contributed by atoms with E-state index in [1.807, 2.05) is 0 Å². The smallest absolute Gasteiger partial charge is 0.329 e. The van der Waals surface area contributed by atoms with E-state index in [1.165, 1.54) is 89.1 Å². The zero-order chi connectivity index (χ0) is 35.2. The third-order valence-electron chi connectivity index (χ3n) is 11.8. The minimum atomic E-state index is 0.0309. The molecule has 0 bridgehead atoms. The Morgan fingerprint density at radius 3 is 1.81 bits per heavy atom. The van der Waals surface area contributed by atoms with Gasteiger partial charge < -0.3 is 9.62 Å². The molecule has 11 rings (SSSR count). The third kappa shape index (κ3) is 4.24. The molecule has 4 heterocycles. The van der Waals surface area contributed by atoms with Crippen molar-refractivity contribution in [2.45, 2.75) is 6.92 Å². The van der Waals surface area contributed by atoms with Gasteiger partial charge in [-0.2, -0.15) is 0 Å². The summed E-state index contributed by atoms with van der Waals surface area (Å²) in [5.74, 6) is 0. The zero-order valence-electron chi connectivity index (χ0n) is 29.5. The van der Waals surface area contributed by atoms with Crippen molar-refractivity contribution < 1.29 is 0 Å². The summed E-state index contributed by atoms with van der Waals surface area (Å²) < 4.78 is 0. The number of anilines is 3. The van der Waals surface area contributed by atoms with Gasteiger partial charge in [-0.05, 0) is 98.1 Å². The van der Waals surface area contributed by atoms with Crippen LogP contribution in [0, 0.1) is 0 Å². The lowest BCUT2D eigenvalue weighted by atomic mass is 9.37. The predicted octanol–water partition coefficient (Wildman–Crippen LogP) is 9.20. The highest BCUT2D eigenvalue weighted by molar-refractivity contribution is 6.96. The van der Waals surface area contributed by atoms with Crippen LogP contribution in [0.2, 0.25) is 0 Å². The van der Waals surface area contributed by atoms with Crippen LogP contribution in [0.1, 0.15) is 18.1 Å². The molecule has 0 atom stereocenters. The summed E-state index contributed by atoms with van der Waals surface area (Å²) in [5.41, 5.74) is 22.7. The molecule has 0 unspecified atom stereocenters. The molecule has 7 aromatic rings. The van der Waals surface area contributed by atoms with Gasteiger partial charge in [-0.3, -0.25) is 0 Å². The predicted molar refractivity (Wildman–Crippen MR) is 228 cm³/mol. The highest BCUT2D eigenvalue weighted by Crippen LogP contribution is 2.52. The van der Waals surface area contributed by atoms with Crippen LogP contribution in [0.5, 0.6) is 0 Å². The van der Waals surface area contributed by atoms with Crippen LogP contribution in [0.4, 0.5) is 17.1 Å². The first-order valence-electron chi connectivity index (χ1n) is 18.6. The first-order valence-corrected chi connectivity index (χ1v) is 18.6. The quantitative estimate of drug-likeness (QED) is 0.173. The van der Waals surface area contributed by atoms with E-state index < -0.39 is 0 Å². The molecule has 0 radical (unpaired) electrons. The average Bonchev–Trinajstić information content (AvgIpc) is 3.23. The van der Waals surface area contributed by atoms with Gasteiger partial charge in [0, 0.05) is 39.5 Å². The molecule has 246 valence electrons. The number of hydrogen-bond donors (Lipinski definition) is 0. The summed E-state index contributed by atoms with van der Waals surface area (Å²) in [6.07, 6.45) is 4.59. The number of rotatable bonds is 3. The molecule has 0 spiro atoms. The van der Waals surface area contributed by atoms with Crippen molar-refractivity contribution in [3.63, 3.8) is 0 Å². The van der Waals surface area contributed by atoms with Gasteiger partial charge in [0.05, 0.1) is 0 Å². The second-order valence-corrected chi connectivity index (χ2v) is 14.4. The van der Waals surface area contributed by atoms with E-state index >= 15 is 0 Å². The lowest BCUT2D eigenvalue weighted by Crippen LogP contribution is -2.66. The van der Waals surface area contributed by atoms with E-state index in [4.69, 9.17) is 0 Å². The summed E-state index contributed by atoms with van der Waals surface area (Å²) in [6.45, 7) is 6.82. The molecule has 0 saturated carbocycles. The molecule has 4 aliphatic heterocycles. The van der Waals surface area contributed by atoms with Crippen LogP contribution in [0.3, 0.4) is 0 Å². The lowest BCUT2D eigenvalue weighted by molar-refractivity contribution is 1.25. The molecule has 53 heavy (non-hydrogen) atoms. The Hall–Kier alpha value is -6.51. The fraction of sp³-hybridized carbons (Fsp3) is 0.0204. The number of fused-ring (bicyclic) bond motifs is 13. The molecule has 2 nitrogen and oxygen atoms in total. The van der Waals surface area contributed by atoms with Crippen molar-refractivity contribution in [2.75, 3.05) is 9.62 Å². The van der Waals surface area contributed by atoms with Gasteiger partial charge in [0.15, 0.2) is 0 Å². The molecule has 0 aliphatic carbocycles.